The van der Waals surface area contributed by atoms with Crippen LogP contribution >= 0.6 is 0 Å². The second-order valence-electron chi connectivity index (χ2n) is 4.42. The smallest absolute Gasteiger partial charge is 0.215 e. The summed E-state index contributed by atoms with van der Waals surface area (Å²) in [5.74, 6) is 0.576. The van der Waals surface area contributed by atoms with Crippen molar-refractivity contribution in [3.8, 4) is 0 Å². The Morgan fingerprint density at radius 2 is 2.13 bits per heavy atom. The van der Waals surface area contributed by atoms with Gasteiger partial charge in [-0.2, -0.15) is 0 Å². The van der Waals surface area contributed by atoms with Crippen molar-refractivity contribution in [1.29, 1.82) is 0 Å². The summed E-state index contributed by atoms with van der Waals surface area (Å²) < 4.78 is 26.3. The van der Waals surface area contributed by atoms with Crippen LogP contribution in [0.5, 0.6) is 0 Å². The average molecular weight is 234 g/mol. The van der Waals surface area contributed by atoms with Crippen molar-refractivity contribution in [3.63, 3.8) is 0 Å². The molecule has 15 heavy (non-hydrogen) atoms. The largest absolute Gasteiger partial charge is 0.318 e. The van der Waals surface area contributed by atoms with E-state index in [0.717, 1.165) is 19.3 Å². The summed E-state index contributed by atoms with van der Waals surface area (Å²) >= 11 is 0. The lowest BCUT2D eigenvalue weighted by Crippen LogP contribution is -2.39. The zero-order valence-corrected chi connectivity index (χ0v) is 10.6. The Morgan fingerprint density at radius 1 is 1.47 bits per heavy atom. The monoisotopic (exact) mass is 234 g/mol. The van der Waals surface area contributed by atoms with Crippen LogP contribution < -0.4 is 10.0 Å². The van der Waals surface area contributed by atoms with Crippen molar-refractivity contribution in [3.05, 3.63) is 0 Å². The normalized spacial score (nSPS) is 27.7. The lowest BCUT2D eigenvalue weighted by Gasteiger charge is -2.13. The van der Waals surface area contributed by atoms with E-state index < -0.39 is 10.0 Å². The predicted molar refractivity (Wildman–Crippen MR) is 62.2 cm³/mol. The molecular formula is C10H22N2O2S. The maximum Gasteiger partial charge on any atom is 0.215 e. The van der Waals surface area contributed by atoms with E-state index in [4.69, 9.17) is 0 Å². The van der Waals surface area contributed by atoms with Crippen LogP contribution in [0.3, 0.4) is 0 Å². The third-order valence-corrected chi connectivity index (χ3v) is 4.78. The first kappa shape index (κ1) is 12.9. The van der Waals surface area contributed by atoms with Gasteiger partial charge in [-0.25, -0.2) is 13.1 Å². The molecule has 0 radical (unpaired) electrons. The number of hydrogen-bond acceptors (Lipinski definition) is 3. The van der Waals surface area contributed by atoms with Crippen molar-refractivity contribution >= 4 is 10.0 Å². The highest BCUT2D eigenvalue weighted by molar-refractivity contribution is 7.90. The quantitative estimate of drug-likeness (QED) is 0.682. The Morgan fingerprint density at radius 3 is 2.67 bits per heavy atom. The van der Waals surface area contributed by atoms with Gasteiger partial charge in [-0.1, -0.05) is 13.3 Å². The van der Waals surface area contributed by atoms with Gasteiger partial charge in [0, 0.05) is 12.6 Å². The van der Waals surface area contributed by atoms with Crippen LogP contribution in [0.25, 0.3) is 0 Å². The summed E-state index contributed by atoms with van der Waals surface area (Å²) in [4.78, 5) is 0. The first-order valence-corrected chi connectivity index (χ1v) is 7.21. The summed E-state index contributed by atoms with van der Waals surface area (Å²) in [6.07, 6.45) is 3.28. The molecule has 0 aromatic heterocycles. The molecule has 0 spiro atoms. The molecule has 1 fully saturated rings. The molecule has 0 bridgehead atoms. The molecule has 1 saturated carbocycles. The third kappa shape index (κ3) is 3.74. The fraction of sp³-hybridized carbons (Fsp3) is 1.00. The van der Waals surface area contributed by atoms with Gasteiger partial charge in [0.25, 0.3) is 0 Å². The molecule has 0 amide bonds. The number of hydrogen-bond donors (Lipinski definition) is 2. The fourth-order valence-electron chi connectivity index (χ4n) is 1.81. The average Bonchev–Trinajstić information content (AvgIpc) is 2.83. The molecule has 1 rings (SSSR count). The van der Waals surface area contributed by atoms with Gasteiger partial charge in [-0.3, -0.25) is 0 Å². The Bertz CT molecular complexity index is 290. The van der Waals surface area contributed by atoms with Gasteiger partial charge in [0.05, 0.1) is 5.25 Å². The summed E-state index contributed by atoms with van der Waals surface area (Å²) in [6, 6.07) is 0.203. The summed E-state index contributed by atoms with van der Waals surface area (Å²) in [6.45, 7) is 4.37. The van der Waals surface area contributed by atoms with Gasteiger partial charge in [0.1, 0.15) is 0 Å². The van der Waals surface area contributed by atoms with Crippen molar-refractivity contribution < 1.29 is 8.42 Å². The minimum Gasteiger partial charge on any atom is -0.318 e. The van der Waals surface area contributed by atoms with Gasteiger partial charge >= 0.3 is 0 Å². The van der Waals surface area contributed by atoms with E-state index in [1.807, 2.05) is 0 Å². The highest BCUT2D eigenvalue weighted by Crippen LogP contribution is 2.35. The maximum absolute atomic E-state index is 11.8. The Labute approximate surface area is 92.9 Å². The molecule has 0 saturated heterocycles. The van der Waals surface area contributed by atoms with E-state index in [0.29, 0.717) is 12.5 Å². The molecule has 3 unspecified atom stereocenters. The molecule has 90 valence electrons. The van der Waals surface area contributed by atoms with Crippen LogP contribution in [0, 0.1) is 5.92 Å². The van der Waals surface area contributed by atoms with E-state index >= 15 is 0 Å². The number of rotatable bonds is 7. The van der Waals surface area contributed by atoms with Gasteiger partial charge in [-0.05, 0) is 32.7 Å². The molecule has 5 heteroatoms. The molecule has 0 aliphatic heterocycles. The number of nitrogens with one attached hydrogen (secondary N) is 2. The second kappa shape index (κ2) is 5.27. The zero-order valence-electron chi connectivity index (χ0n) is 9.79. The summed E-state index contributed by atoms with van der Waals surface area (Å²) in [7, 11) is -1.36. The van der Waals surface area contributed by atoms with Gasteiger partial charge in [0.15, 0.2) is 0 Å². The van der Waals surface area contributed by atoms with Crippen LogP contribution in [-0.4, -0.2) is 33.3 Å². The van der Waals surface area contributed by atoms with E-state index in [9.17, 15) is 8.42 Å². The lowest BCUT2D eigenvalue weighted by molar-refractivity contribution is 0.556. The van der Waals surface area contributed by atoms with Crippen LogP contribution in [-0.2, 0) is 10.0 Å². The van der Waals surface area contributed by atoms with Crippen molar-refractivity contribution in [2.75, 3.05) is 13.6 Å². The molecule has 1 aliphatic carbocycles. The van der Waals surface area contributed by atoms with Crippen LogP contribution in [0.2, 0.25) is 0 Å². The van der Waals surface area contributed by atoms with Crippen molar-refractivity contribution in [2.24, 2.45) is 5.92 Å². The third-order valence-electron chi connectivity index (χ3n) is 2.92. The zero-order chi connectivity index (χ0) is 11.5. The molecule has 4 nitrogen and oxygen atoms in total. The molecular weight excluding hydrogens is 212 g/mol. The Kier molecular flexibility index (Phi) is 4.55. The van der Waals surface area contributed by atoms with E-state index in [1.54, 1.807) is 14.0 Å². The summed E-state index contributed by atoms with van der Waals surface area (Å²) in [5.41, 5.74) is 0. The number of sulfonamides is 1. The Balaban J connectivity index is 2.38. The van der Waals surface area contributed by atoms with Gasteiger partial charge < -0.3 is 5.32 Å². The SMILES string of the molecule is CCCC1CC1NS(=O)(=O)C(C)CNC. The first-order valence-electron chi connectivity index (χ1n) is 5.67. The van der Waals surface area contributed by atoms with Crippen molar-refractivity contribution in [2.45, 2.75) is 44.4 Å². The fourth-order valence-corrected chi connectivity index (χ4v) is 3.14. The predicted octanol–water partition coefficient (Wildman–Crippen LogP) is 0.702. The van der Waals surface area contributed by atoms with Gasteiger partial charge in [0.2, 0.25) is 10.0 Å². The highest BCUT2D eigenvalue weighted by Gasteiger charge is 2.39. The van der Waals surface area contributed by atoms with Crippen LogP contribution in [0.15, 0.2) is 0 Å². The lowest BCUT2D eigenvalue weighted by atomic mass is 10.2. The van der Waals surface area contributed by atoms with Crippen LogP contribution in [0.4, 0.5) is 0 Å². The van der Waals surface area contributed by atoms with E-state index in [-0.39, 0.29) is 11.3 Å². The molecule has 1 aliphatic rings. The highest BCUT2D eigenvalue weighted by atomic mass is 32.2. The minimum atomic E-state index is -3.12. The van der Waals surface area contributed by atoms with Gasteiger partial charge in [-0.15, -0.1) is 0 Å². The molecule has 0 heterocycles. The minimum absolute atomic E-state index is 0.203. The van der Waals surface area contributed by atoms with Crippen molar-refractivity contribution in [1.82, 2.24) is 10.0 Å². The van der Waals surface area contributed by atoms with E-state index in [1.165, 1.54) is 0 Å². The molecule has 3 atom stereocenters. The molecule has 0 aromatic carbocycles. The molecule has 2 N–H and O–H groups in total. The topological polar surface area (TPSA) is 58.2 Å². The standard InChI is InChI=1S/C10H22N2O2S/c1-4-5-9-6-10(9)12-15(13,14)8(2)7-11-3/h8-12H,4-7H2,1-3H3. The first-order chi connectivity index (χ1) is 7.01. The molecule has 0 aromatic rings. The Hall–Kier alpha value is -0.130. The van der Waals surface area contributed by atoms with Crippen LogP contribution in [0.1, 0.15) is 33.1 Å². The maximum atomic E-state index is 11.8. The second-order valence-corrected chi connectivity index (χ2v) is 6.55. The summed E-state index contributed by atoms with van der Waals surface area (Å²) in [5, 5.41) is 2.53. The van der Waals surface area contributed by atoms with E-state index in [2.05, 4.69) is 17.0 Å².